The van der Waals surface area contributed by atoms with Crippen LogP contribution in [0.2, 0.25) is 5.02 Å². The van der Waals surface area contributed by atoms with Crippen molar-refractivity contribution < 1.29 is 0 Å². The average molecular weight is 333 g/mol. The Morgan fingerprint density at radius 1 is 1.17 bits per heavy atom. The van der Waals surface area contributed by atoms with Gasteiger partial charge in [-0.05, 0) is 71.1 Å². The third-order valence-electron chi connectivity index (χ3n) is 4.80. The number of likely N-dealkylation sites (tertiary alicyclic amines) is 1. The minimum Gasteiger partial charge on any atom is -0.310 e. The molecule has 0 amide bonds. The lowest BCUT2D eigenvalue weighted by Gasteiger charge is -2.29. The predicted octanol–water partition coefficient (Wildman–Crippen LogP) is 3.33. The van der Waals surface area contributed by atoms with E-state index in [2.05, 4.69) is 31.1 Å². The molecule has 0 spiro atoms. The number of benzene rings is 1. The molecule has 23 heavy (non-hydrogen) atoms. The Kier molecular flexibility index (Phi) is 5.05. The first-order chi connectivity index (χ1) is 11.0. The van der Waals surface area contributed by atoms with Gasteiger partial charge >= 0.3 is 0 Å². The summed E-state index contributed by atoms with van der Waals surface area (Å²) < 4.78 is 2.01. The molecule has 0 radical (unpaired) electrons. The van der Waals surface area contributed by atoms with Gasteiger partial charge in [0.15, 0.2) is 0 Å². The Hall–Kier alpha value is -1.36. The van der Waals surface area contributed by atoms with Gasteiger partial charge in [0.1, 0.15) is 0 Å². The maximum atomic E-state index is 5.98. The second-order valence-electron chi connectivity index (χ2n) is 6.50. The minimum absolute atomic E-state index is 0.615. The van der Waals surface area contributed by atoms with Crippen LogP contribution in [0.25, 0.3) is 5.69 Å². The van der Waals surface area contributed by atoms with Crippen LogP contribution < -0.4 is 5.32 Å². The van der Waals surface area contributed by atoms with E-state index in [1.165, 1.54) is 37.2 Å². The van der Waals surface area contributed by atoms with Crippen LogP contribution in [0.3, 0.4) is 0 Å². The first-order valence-corrected chi connectivity index (χ1v) is 8.65. The maximum absolute atomic E-state index is 5.98. The summed E-state index contributed by atoms with van der Waals surface area (Å²) in [6, 6.07) is 8.45. The quantitative estimate of drug-likeness (QED) is 0.932. The van der Waals surface area contributed by atoms with Crippen molar-refractivity contribution in [1.29, 1.82) is 0 Å². The van der Waals surface area contributed by atoms with Gasteiger partial charge in [-0.3, -0.25) is 0 Å². The second kappa shape index (κ2) is 7.04. The number of aryl methyl sites for hydroxylation is 1. The Balaban J connectivity index is 1.72. The van der Waals surface area contributed by atoms with E-state index < -0.39 is 0 Å². The molecular formula is C18H25ClN4. The fourth-order valence-corrected chi connectivity index (χ4v) is 3.35. The van der Waals surface area contributed by atoms with Gasteiger partial charge in [0, 0.05) is 28.9 Å². The summed E-state index contributed by atoms with van der Waals surface area (Å²) in [5.41, 5.74) is 4.66. The topological polar surface area (TPSA) is 33.1 Å². The van der Waals surface area contributed by atoms with E-state index >= 15 is 0 Å². The Morgan fingerprint density at radius 3 is 2.48 bits per heavy atom. The van der Waals surface area contributed by atoms with Crippen LogP contribution in [0, 0.1) is 13.8 Å². The molecule has 124 valence electrons. The molecule has 5 heteroatoms. The van der Waals surface area contributed by atoms with Gasteiger partial charge in [-0.1, -0.05) is 11.6 Å². The van der Waals surface area contributed by atoms with E-state index in [0.717, 1.165) is 22.9 Å². The van der Waals surface area contributed by atoms with Gasteiger partial charge in [0.2, 0.25) is 0 Å². The van der Waals surface area contributed by atoms with Crippen LogP contribution in [-0.4, -0.2) is 40.9 Å². The van der Waals surface area contributed by atoms with Crippen LogP contribution in [0.4, 0.5) is 0 Å². The van der Waals surface area contributed by atoms with Crippen molar-refractivity contribution in [1.82, 2.24) is 20.0 Å². The molecule has 0 atom stereocenters. The zero-order valence-electron chi connectivity index (χ0n) is 14.1. The Labute approximate surface area is 143 Å². The molecule has 4 nitrogen and oxygen atoms in total. The maximum Gasteiger partial charge on any atom is 0.0649 e. The number of hydrogen-bond acceptors (Lipinski definition) is 3. The number of halogens is 1. The highest BCUT2D eigenvalue weighted by atomic mass is 35.5. The van der Waals surface area contributed by atoms with E-state index in [0.29, 0.717) is 6.04 Å². The molecule has 1 N–H and O–H groups in total. The number of nitrogens with zero attached hydrogens (tertiary/aromatic N) is 3. The summed E-state index contributed by atoms with van der Waals surface area (Å²) in [7, 11) is 2.20. The molecule has 3 rings (SSSR count). The lowest BCUT2D eigenvalue weighted by atomic mass is 10.0. The van der Waals surface area contributed by atoms with E-state index in [9.17, 15) is 0 Å². The molecule has 1 fully saturated rings. The lowest BCUT2D eigenvalue weighted by molar-refractivity contribution is 0.234. The molecule has 0 bridgehead atoms. The number of aromatic nitrogens is 2. The standard InChI is InChI=1S/C18H25ClN4/c1-13-18(12-20-16-8-10-22(3)11-9-16)14(2)23(21-13)17-6-4-15(19)5-7-17/h4-7,16,20H,8-12H2,1-3H3. The van der Waals surface area contributed by atoms with E-state index in [-0.39, 0.29) is 0 Å². The number of piperidine rings is 1. The van der Waals surface area contributed by atoms with Gasteiger partial charge in [-0.15, -0.1) is 0 Å². The van der Waals surface area contributed by atoms with Crippen molar-refractivity contribution in [2.24, 2.45) is 0 Å². The van der Waals surface area contributed by atoms with Crippen LogP contribution in [0.5, 0.6) is 0 Å². The number of hydrogen-bond donors (Lipinski definition) is 1. The molecule has 1 aliphatic rings. The molecular weight excluding hydrogens is 308 g/mol. The number of nitrogens with one attached hydrogen (secondary N) is 1. The number of rotatable bonds is 4. The van der Waals surface area contributed by atoms with Crippen molar-refractivity contribution in [2.75, 3.05) is 20.1 Å². The van der Waals surface area contributed by atoms with Crippen molar-refractivity contribution in [3.63, 3.8) is 0 Å². The first-order valence-electron chi connectivity index (χ1n) is 8.27. The van der Waals surface area contributed by atoms with Gasteiger partial charge < -0.3 is 10.2 Å². The molecule has 1 saturated heterocycles. The highest BCUT2D eigenvalue weighted by Gasteiger charge is 2.18. The van der Waals surface area contributed by atoms with E-state index in [1.54, 1.807) is 0 Å². The molecule has 2 heterocycles. The fraction of sp³-hybridized carbons (Fsp3) is 0.500. The summed E-state index contributed by atoms with van der Waals surface area (Å²) >= 11 is 5.98. The third kappa shape index (κ3) is 3.77. The molecule has 1 aliphatic heterocycles. The molecule has 0 aliphatic carbocycles. The molecule has 1 aromatic heterocycles. The zero-order chi connectivity index (χ0) is 16.4. The summed E-state index contributed by atoms with van der Waals surface area (Å²) in [6.45, 7) is 7.48. The largest absolute Gasteiger partial charge is 0.310 e. The summed E-state index contributed by atoms with van der Waals surface area (Å²) in [4.78, 5) is 2.40. The summed E-state index contributed by atoms with van der Waals surface area (Å²) in [5, 5.41) is 9.17. The lowest BCUT2D eigenvalue weighted by Crippen LogP contribution is -2.40. The van der Waals surface area contributed by atoms with Crippen molar-refractivity contribution in [2.45, 2.75) is 39.3 Å². The Bertz CT molecular complexity index is 654. The fourth-order valence-electron chi connectivity index (χ4n) is 3.22. The smallest absolute Gasteiger partial charge is 0.0649 e. The molecule has 2 aromatic rings. The van der Waals surface area contributed by atoms with Crippen LogP contribution in [-0.2, 0) is 6.54 Å². The highest BCUT2D eigenvalue weighted by molar-refractivity contribution is 6.30. The molecule has 0 saturated carbocycles. The van der Waals surface area contributed by atoms with Crippen LogP contribution in [0.1, 0.15) is 29.8 Å². The zero-order valence-corrected chi connectivity index (χ0v) is 14.9. The van der Waals surface area contributed by atoms with Crippen molar-refractivity contribution in [3.8, 4) is 5.69 Å². The third-order valence-corrected chi connectivity index (χ3v) is 5.05. The van der Waals surface area contributed by atoms with Gasteiger partial charge in [0.25, 0.3) is 0 Å². The Morgan fingerprint density at radius 2 is 1.83 bits per heavy atom. The summed E-state index contributed by atoms with van der Waals surface area (Å²) in [6.07, 6.45) is 2.44. The van der Waals surface area contributed by atoms with Gasteiger partial charge in [-0.25, -0.2) is 4.68 Å². The van der Waals surface area contributed by atoms with E-state index in [1.807, 2.05) is 28.9 Å². The monoisotopic (exact) mass is 332 g/mol. The van der Waals surface area contributed by atoms with Crippen molar-refractivity contribution >= 4 is 11.6 Å². The highest BCUT2D eigenvalue weighted by Crippen LogP contribution is 2.20. The normalized spacial score (nSPS) is 16.9. The first kappa shape index (κ1) is 16.5. The van der Waals surface area contributed by atoms with E-state index in [4.69, 9.17) is 16.7 Å². The van der Waals surface area contributed by atoms with Crippen LogP contribution in [0.15, 0.2) is 24.3 Å². The van der Waals surface area contributed by atoms with Crippen molar-refractivity contribution in [3.05, 3.63) is 46.2 Å². The second-order valence-corrected chi connectivity index (χ2v) is 6.93. The average Bonchev–Trinajstić information content (AvgIpc) is 2.82. The predicted molar refractivity (Wildman–Crippen MR) is 95.4 cm³/mol. The van der Waals surface area contributed by atoms with Gasteiger partial charge in [-0.2, -0.15) is 5.10 Å². The molecule has 0 unspecified atom stereocenters. The molecule has 1 aromatic carbocycles. The summed E-state index contributed by atoms with van der Waals surface area (Å²) in [5.74, 6) is 0. The van der Waals surface area contributed by atoms with Gasteiger partial charge in [0.05, 0.1) is 11.4 Å². The SMILES string of the molecule is Cc1nn(-c2ccc(Cl)cc2)c(C)c1CNC1CCN(C)CC1. The van der Waals surface area contributed by atoms with Crippen LogP contribution >= 0.6 is 11.6 Å². The minimum atomic E-state index is 0.615.